The summed E-state index contributed by atoms with van der Waals surface area (Å²) in [7, 11) is -3.55. The van der Waals surface area contributed by atoms with Gasteiger partial charge in [-0.3, -0.25) is 4.68 Å². The van der Waals surface area contributed by atoms with Gasteiger partial charge in [0.25, 0.3) is 0 Å². The van der Waals surface area contributed by atoms with Crippen LogP contribution in [-0.4, -0.2) is 30.8 Å². The van der Waals surface area contributed by atoms with Crippen molar-refractivity contribution >= 4 is 10.0 Å². The lowest BCUT2D eigenvalue weighted by Gasteiger charge is -2.12. The van der Waals surface area contributed by atoms with Gasteiger partial charge >= 0.3 is 0 Å². The third-order valence-corrected chi connectivity index (χ3v) is 5.53. The first-order chi connectivity index (χ1) is 9.72. The second-order valence-corrected chi connectivity index (χ2v) is 8.13. The summed E-state index contributed by atoms with van der Waals surface area (Å²) in [4.78, 5) is 0.297. The molecule has 1 fully saturated rings. The zero-order chi connectivity index (χ0) is 15.8. The van der Waals surface area contributed by atoms with Crippen molar-refractivity contribution in [1.82, 2.24) is 14.5 Å². The molecular weight excluding hydrogens is 288 g/mol. The Balaban J connectivity index is 2.16. The first kappa shape index (κ1) is 16.5. The predicted octanol–water partition coefficient (Wildman–Crippen LogP) is 1.17. The first-order valence-corrected chi connectivity index (χ1v) is 9.00. The minimum absolute atomic E-state index is 0.0916. The molecule has 0 aliphatic heterocycles. The Bertz CT molecular complexity index is 603. The van der Waals surface area contributed by atoms with Crippen molar-refractivity contribution in [2.75, 3.05) is 6.54 Å². The Morgan fingerprint density at radius 3 is 2.52 bits per heavy atom. The van der Waals surface area contributed by atoms with Crippen LogP contribution in [0.2, 0.25) is 0 Å². The Morgan fingerprint density at radius 2 is 2.00 bits per heavy atom. The molecule has 1 aromatic heterocycles. The summed E-state index contributed by atoms with van der Waals surface area (Å²) in [6.45, 7) is 8.71. The molecule has 1 atom stereocenters. The quantitative estimate of drug-likeness (QED) is 0.790. The minimum Gasteiger partial charge on any atom is -0.326 e. The van der Waals surface area contributed by atoms with Gasteiger partial charge in [0.1, 0.15) is 4.90 Å². The van der Waals surface area contributed by atoms with Crippen molar-refractivity contribution < 1.29 is 8.42 Å². The average molecular weight is 314 g/mol. The van der Waals surface area contributed by atoms with Gasteiger partial charge < -0.3 is 5.73 Å². The van der Waals surface area contributed by atoms with Crippen molar-refractivity contribution in [2.24, 2.45) is 17.6 Å². The van der Waals surface area contributed by atoms with Crippen LogP contribution in [0.4, 0.5) is 0 Å². The van der Waals surface area contributed by atoms with Gasteiger partial charge in [-0.05, 0) is 38.5 Å². The lowest BCUT2D eigenvalue weighted by Crippen LogP contribution is -2.38. The van der Waals surface area contributed by atoms with Gasteiger partial charge in [-0.15, -0.1) is 0 Å². The molecule has 2 rings (SSSR count). The standard InChI is InChI=1S/C14H26N4O2S/c1-9(2)8-18-11(4)14(10(3)17-18)21(19,20)16-7-13(15)12-5-6-12/h9,12-13,16H,5-8,15H2,1-4H3. The van der Waals surface area contributed by atoms with Crippen LogP contribution in [0.25, 0.3) is 0 Å². The molecule has 1 aliphatic carbocycles. The van der Waals surface area contributed by atoms with E-state index < -0.39 is 10.0 Å². The van der Waals surface area contributed by atoms with Crippen LogP contribution < -0.4 is 10.5 Å². The monoisotopic (exact) mass is 314 g/mol. The molecule has 21 heavy (non-hydrogen) atoms. The molecule has 6 nitrogen and oxygen atoms in total. The van der Waals surface area contributed by atoms with Crippen LogP contribution in [0.3, 0.4) is 0 Å². The Morgan fingerprint density at radius 1 is 1.38 bits per heavy atom. The fourth-order valence-electron chi connectivity index (χ4n) is 2.56. The van der Waals surface area contributed by atoms with Crippen molar-refractivity contribution in [1.29, 1.82) is 0 Å². The Kier molecular flexibility index (Phi) is 4.75. The van der Waals surface area contributed by atoms with Gasteiger partial charge in [0, 0.05) is 19.1 Å². The van der Waals surface area contributed by atoms with Crippen LogP contribution >= 0.6 is 0 Å². The number of rotatable bonds is 7. The van der Waals surface area contributed by atoms with E-state index in [2.05, 4.69) is 23.7 Å². The first-order valence-electron chi connectivity index (χ1n) is 7.51. The fourth-order valence-corrected chi connectivity index (χ4v) is 4.04. The molecule has 3 N–H and O–H groups in total. The van der Waals surface area contributed by atoms with Gasteiger partial charge in [0.15, 0.2) is 0 Å². The Hall–Kier alpha value is -0.920. The second-order valence-electron chi connectivity index (χ2n) is 6.43. The lowest BCUT2D eigenvalue weighted by atomic mass is 10.2. The van der Waals surface area contributed by atoms with E-state index in [1.54, 1.807) is 18.5 Å². The topological polar surface area (TPSA) is 90.0 Å². The van der Waals surface area contributed by atoms with Crippen molar-refractivity contribution in [2.45, 2.75) is 58.0 Å². The summed E-state index contributed by atoms with van der Waals surface area (Å²) < 4.78 is 29.4. The molecule has 0 saturated heterocycles. The van der Waals surface area contributed by atoms with Crippen LogP contribution in [0, 0.1) is 25.7 Å². The maximum Gasteiger partial charge on any atom is 0.244 e. The smallest absolute Gasteiger partial charge is 0.244 e. The van der Waals surface area contributed by atoms with E-state index in [9.17, 15) is 8.42 Å². The highest BCUT2D eigenvalue weighted by atomic mass is 32.2. The number of nitrogens with zero attached hydrogens (tertiary/aromatic N) is 2. The summed E-state index contributed by atoms with van der Waals surface area (Å²) in [5.74, 6) is 0.883. The molecule has 1 aromatic rings. The van der Waals surface area contributed by atoms with Gasteiger partial charge in [-0.2, -0.15) is 5.10 Å². The van der Waals surface area contributed by atoms with Gasteiger partial charge in [-0.1, -0.05) is 13.8 Å². The van der Waals surface area contributed by atoms with E-state index in [4.69, 9.17) is 5.73 Å². The number of aromatic nitrogens is 2. The normalized spacial score (nSPS) is 17.4. The largest absolute Gasteiger partial charge is 0.326 e. The molecule has 1 unspecified atom stereocenters. The van der Waals surface area contributed by atoms with Crippen LogP contribution in [0.5, 0.6) is 0 Å². The predicted molar refractivity (Wildman–Crippen MR) is 82.4 cm³/mol. The summed E-state index contributed by atoms with van der Waals surface area (Å²) in [6, 6.07) is -0.0916. The number of hydrogen-bond donors (Lipinski definition) is 2. The highest BCUT2D eigenvalue weighted by molar-refractivity contribution is 7.89. The van der Waals surface area contributed by atoms with E-state index in [1.165, 1.54) is 0 Å². The van der Waals surface area contributed by atoms with E-state index >= 15 is 0 Å². The molecule has 120 valence electrons. The van der Waals surface area contributed by atoms with E-state index in [0.717, 1.165) is 12.8 Å². The molecule has 0 bridgehead atoms. The van der Waals surface area contributed by atoms with Crippen molar-refractivity contribution in [3.05, 3.63) is 11.4 Å². The Labute approximate surface area is 127 Å². The van der Waals surface area contributed by atoms with Crippen LogP contribution in [-0.2, 0) is 16.6 Å². The van der Waals surface area contributed by atoms with E-state index in [0.29, 0.717) is 41.2 Å². The number of nitrogens with two attached hydrogens (primary N) is 1. The van der Waals surface area contributed by atoms with Crippen molar-refractivity contribution in [3.8, 4) is 0 Å². The molecular formula is C14H26N4O2S. The summed E-state index contributed by atoms with van der Waals surface area (Å²) >= 11 is 0. The highest BCUT2D eigenvalue weighted by Gasteiger charge is 2.31. The summed E-state index contributed by atoms with van der Waals surface area (Å²) in [5, 5.41) is 4.36. The molecule has 1 heterocycles. The summed E-state index contributed by atoms with van der Waals surface area (Å²) in [6.07, 6.45) is 2.21. The van der Waals surface area contributed by atoms with Crippen molar-refractivity contribution in [3.63, 3.8) is 0 Å². The van der Waals surface area contributed by atoms with E-state index in [-0.39, 0.29) is 6.04 Å². The SMILES string of the molecule is Cc1nn(CC(C)C)c(C)c1S(=O)(=O)NCC(N)C1CC1. The molecule has 0 radical (unpaired) electrons. The number of aryl methyl sites for hydroxylation is 1. The second kappa shape index (κ2) is 6.06. The average Bonchev–Trinajstić information content (AvgIpc) is 3.14. The maximum absolute atomic E-state index is 12.5. The minimum atomic E-state index is -3.55. The lowest BCUT2D eigenvalue weighted by molar-refractivity contribution is 0.471. The van der Waals surface area contributed by atoms with Crippen LogP contribution in [0.15, 0.2) is 4.90 Å². The number of nitrogens with one attached hydrogen (secondary N) is 1. The summed E-state index contributed by atoms with van der Waals surface area (Å²) in [5.41, 5.74) is 7.19. The molecule has 0 spiro atoms. The van der Waals surface area contributed by atoms with Gasteiger partial charge in [0.2, 0.25) is 10.0 Å². The van der Waals surface area contributed by atoms with Gasteiger partial charge in [-0.25, -0.2) is 13.1 Å². The molecule has 0 aromatic carbocycles. The third-order valence-electron chi connectivity index (χ3n) is 3.86. The fraction of sp³-hybridized carbons (Fsp3) is 0.786. The number of sulfonamides is 1. The molecule has 7 heteroatoms. The molecule has 0 amide bonds. The highest BCUT2D eigenvalue weighted by Crippen LogP contribution is 2.31. The van der Waals surface area contributed by atoms with E-state index in [1.807, 2.05) is 0 Å². The van der Waals surface area contributed by atoms with Gasteiger partial charge in [0.05, 0.1) is 11.4 Å². The third kappa shape index (κ3) is 3.84. The zero-order valence-electron chi connectivity index (χ0n) is 13.3. The number of hydrogen-bond acceptors (Lipinski definition) is 4. The zero-order valence-corrected chi connectivity index (χ0v) is 14.1. The maximum atomic E-state index is 12.5. The molecule has 1 saturated carbocycles. The molecule has 1 aliphatic rings. The van der Waals surface area contributed by atoms with Crippen LogP contribution in [0.1, 0.15) is 38.1 Å².